The molecule has 0 bridgehead atoms. The van der Waals surface area contributed by atoms with Crippen LogP contribution in [-0.4, -0.2) is 15.0 Å². The smallest absolute Gasteiger partial charge is 0.316 e. The standard InChI is InChI=1S/C3H5IO2.HI/c1-2(4)3(5)6;/h2H,1H3,(H,5,6);1H. The highest BCUT2D eigenvalue weighted by molar-refractivity contribution is 14.1. The molecule has 0 rings (SSSR count). The third kappa shape index (κ3) is 6.93. The number of carboxylic acid groups (broad SMARTS) is 1. The van der Waals surface area contributed by atoms with E-state index >= 15 is 0 Å². The van der Waals surface area contributed by atoms with E-state index in [1.807, 2.05) is 22.6 Å². The summed E-state index contributed by atoms with van der Waals surface area (Å²) in [6, 6.07) is 0. The fourth-order valence-corrected chi connectivity index (χ4v) is 0. The molecule has 0 radical (unpaired) electrons. The van der Waals surface area contributed by atoms with Crippen LogP contribution in [0.1, 0.15) is 6.92 Å². The average Bonchev–Trinajstić information content (AvgIpc) is 1.36. The molecule has 1 unspecified atom stereocenters. The van der Waals surface area contributed by atoms with Gasteiger partial charge in [-0.1, -0.05) is 22.6 Å². The molecule has 0 saturated heterocycles. The predicted octanol–water partition coefficient (Wildman–Crippen LogP) is 1.51. The third-order valence-corrected chi connectivity index (χ3v) is 0.873. The first kappa shape index (κ1) is 10.8. The lowest BCUT2D eigenvalue weighted by molar-refractivity contribution is -0.135. The van der Waals surface area contributed by atoms with E-state index < -0.39 is 5.97 Å². The minimum absolute atomic E-state index is 0. The Morgan fingerprint density at radius 2 is 2.00 bits per heavy atom. The van der Waals surface area contributed by atoms with Crippen LogP contribution in [0.2, 0.25) is 0 Å². The number of aliphatic carboxylic acids is 1. The minimum Gasteiger partial charge on any atom is -0.480 e. The largest absolute Gasteiger partial charge is 0.480 e. The van der Waals surface area contributed by atoms with Gasteiger partial charge in [0.05, 0.1) is 0 Å². The molecule has 0 saturated carbocycles. The van der Waals surface area contributed by atoms with Crippen LogP contribution < -0.4 is 0 Å². The summed E-state index contributed by atoms with van der Waals surface area (Å²) in [5.41, 5.74) is 0. The zero-order valence-corrected chi connectivity index (χ0v) is 8.21. The van der Waals surface area contributed by atoms with Gasteiger partial charge in [0.25, 0.3) is 0 Å². The van der Waals surface area contributed by atoms with Gasteiger partial charge in [-0.3, -0.25) is 4.79 Å². The molecule has 0 aliphatic rings. The molecule has 0 amide bonds. The quantitative estimate of drug-likeness (QED) is 0.585. The maximum atomic E-state index is 9.69. The van der Waals surface area contributed by atoms with Crippen molar-refractivity contribution in [3.8, 4) is 0 Å². The molecule has 2 nitrogen and oxygen atoms in total. The molecule has 0 fully saturated rings. The average molecular weight is 328 g/mol. The lowest BCUT2D eigenvalue weighted by atomic mass is 10.5. The van der Waals surface area contributed by atoms with Crippen LogP contribution in [-0.2, 0) is 4.79 Å². The summed E-state index contributed by atoms with van der Waals surface area (Å²) in [4.78, 5) is 9.69. The van der Waals surface area contributed by atoms with Gasteiger partial charge in [-0.25, -0.2) is 0 Å². The number of rotatable bonds is 1. The van der Waals surface area contributed by atoms with Gasteiger partial charge in [-0.05, 0) is 6.92 Å². The van der Waals surface area contributed by atoms with E-state index in [-0.39, 0.29) is 27.9 Å². The monoisotopic (exact) mass is 328 g/mol. The minimum atomic E-state index is -0.754. The maximum Gasteiger partial charge on any atom is 0.316 e. The second kappa shape index (κ2) is 5.07. The highest BCUT2D eigenvalue weighted by Gasteiger charge is 2.01. The first-order valence-corrected chi connectivity index (χ1v) is 2.76. The normalized spacial score (nSPS) is 11.7. The fraction of sp³-hybridized carbons (Fsp3) is 0.667. The van der Waals surface area contributed by atoms with E-state index in [1.54, 1.807) is 6.92 Å². The second-order valence-electron chi connectivity index (χ2n) is 0.954. The SMILES string of the molecule is CC(I)C(=O)O.I. The Labute approximate surface area is 72.8 Å². The number of hydrogen-bond donors (Lipinski definition) is 1. The molecule has 0 aromatic rings. The molecule has 0 aromatic heterocycles. The van der Waals surface area contributed by atoms with Crippen LogP contribution in [0.5, 0.6) is 0 Å². The Kier molecular flexibility index (Phi) is 7.85. The van der Waals surface area contributed by atoms with Crippen molar-refractivity contribution >= 4 is 52.5 Å². The van der Waals surface area contributed by atoms with E-state index in [4.69, 9.17) is 5.11 Å². The summed E-state index contributed by atoms with van der Waals surface area (Å²) < 4.78 is -0.261. The van der Waals surface area contributed by atoms with Crippen molar-refractivity contribution in [1.82, 2.24) is 0 Å². The third-order valence-electron chi connectivity index (χ3n) is 0.340. The van der Waals surface area contributed by atoms with Crippen molar-refractivity contribution in [2.24, 2.45) is 0 Å². The van der Waals surface area contributed by atoms with E-state index in [0.717, 1.165) is 0 Å². The Morgan fingerprint density at radius 3 is 2.00 bits per heavy atom. The van der Waals surface area contributed by atoms with Crippen molar-refractivity contribution in [3.63, 3.8) is 0 Å². The molecule has 4 heteroatoms. The summed E-state index contributed by atoms with van der Waals surface area (Å²) >= 11 is 1.83. The van der Waals surface area contributed by atoms with Crippen molar-refractivity contribution in [1.29, 1.82) is 0 Å². The van der Waals surface area contributed by atoms with Crippen LogP contribution in [0.4, 0.5) is 0 Å². The highest BCUT2D eigenvalue weighted by Crippen LogP contribution is 1.95. The molecule has 0 spiro atoms. The maximum absolute atomic E-state index is 9.69. The van der Waals surface area contributed by atoms with Gasteiger partial charge in [-0.15, -0.1) is 24.0 Å². The van der Waals surface area contributed by atoms with E-state index in [2.05, 4.69) is 0 Å². The van der Waals surface area contributed by atoms with Gasteiger partial charge < -0.3 is 5.11 Å². The molecular formula is C3H6I2O2. The number of carboxylic acids is 1. The Balaban J connectivity index is 0. The van der Waals surface area contributed by atoms with Gasteiger partial charge >= 0.3 is 5.97 Å². The molecule has 0 aliphatic heterocycles. The zero-order chi connectivity index (χ0) is 5.15. The molecule has 0 aromatic carbocycles. The van der Waals surface area contributed by atoms with E-state index in [0.29, 0.717) is 0 Å². The molecular weight excluding hydrogens is 322 g/mol. The Bertz CT molecular complexity index is 62.0. The molecule has 44 valence electrons. The van der Waals surface area contributed by atoms with Gasteiger partial charge in [0, 0.05) is 0 Å². The molecule has 1 atom stereocenters. The van der Waals surface area contributed by atoms with Crippen molar-refractivity contribution in [3.05, 3.63) is 0 Å². The fourth-order valence-electron chi connectivity index (χ4n) is 0. The Morgan fingerprint density at radius 1 is 1.86 bits per heavy atom. The summed E-state index contributed by atoms with van der Waals surface area (Å²) in [6.45, 7) is 1.63. The van der Waals surface area contributed by atoms with Gasteiger partial charge in [0.15, 0.2) is 0 Å². The molecule has 1 N–H and O–H groups in total. The summed E-state index contributed by atoms with van der Waals surface area (Å²) in [5, 5.41) is 7.98. The zero-order valence-electron chi connectivity index (χ0n) is 3.72. The molecule has 0 heterocycles. The summed E-state index contributed by atoms with van der Waals surface area (Å²) in [5.74, 6) is -0.754. The lowest BCUT2D eigenvalue weighted by Gasteiger charge is -1.87. The van der Waals surface area contributed by atoms with Crippen molar-refractivity contribution in [2.75, 3.05) is 0 Å². The van der Waals surface area contributed by atoms with Crippen molar-refractivity contribution < 1.29 is 9.90 Å². The van der Waals surface area contributed by atoms with Crippen LogP contribution in [0.25, 0.3) is 0 Å². The number of hydrogen-bond acceptors (Lipinski definition) is 1. The summed E-state index contributed by atoms with van der Waals surface area (Å²) in [6.07, 6.45) is 0. The van der Waals surface area contributed by atoms with Crippen LogP contribution in [0.15, 0.2) is 0 Å². The van der Waals surface area contributed by atoms with Crippen LogP contribution in [0, 0.1) is 0 Å². The summed E-state index contributed by atoms with van der Waals surface area (Å²) in [7, 11) is 0. The predicted molar refractivity (Wildman–Crippen MR) is 46.5 cm³/mol. The second-order valence-corrected chi connectivity index (χ2v) is 2.82. The number of alkyl halides is 1. The molecule has 0 aliphatic carbocycles. The van der Waals surface area contributed by atoms with E-state index in [9.17, 15) is 4.79 Å². The number of halogens is 2. The molecule has 7 heavy (non-hydrogen) atoms. The first-order valence-electron chi connectivity index (χ1n) is 1.51. The van der Waals surface area contributed by atoms with Crippen LogP contribution in [0.3, 0.4) is 0 Å². The highest BCUT2D eigenvalue weighted by atomic mass is 127. The topological polar surface area (TPSA) is 37.3 Å². The van der Waals surface area contributed by atoms with Gasteiger partial charge in [0.1, 0.15) is 3.92 Å². The first-order chi connectivity index (χ1) is 2.64. The number of carbonyl (C=O) groups is 1. The lowest BCUT2D eigenvalue weighted by Crippen LogP contribution is -2.05. The Hall–Kier alpha value is 0.930. The van der Waals surface area contributed by atoms with Crippen LogP contribution >= 0.6 is 46.6 Å². The van der Waals surface area contributed by atoms with Gasteiger partial charge in [0.2, 0.25) is 0 Å². The van der Waals surface area contributed by atoms with Gasteiger partial charge in [-0.2, -0.15) is 0 Å². The van der Waals surface area contributed by atoms with Crippen molar-refractivity contribution in [2.45, 2.75) is 10.8 Å². The van der Waals surface area contributed by atoms with E-state index in [1.165, 1.54) is 0 Å².